The Kier molecular flexibility index (Phi) is 4.01. The van der Waals surface area contributed by atoms with E-state index in [1.165, 1.54) is 12.8 Å². The van der Waals surface area contributed by atoms with E-state index in [2.05, 4.69) is 41.1 Å². The van der Waals surface area contributed by atoms with Crippen LogP contribution in [0.15, 0.2) is 6.33 Å². The molecule has 1 atom stereocenters. The molecular formula is C13H23N5. The molecule has 1 aromatic rings. The Morgan fingerprint density at radius 1 is 1.50 bits per heavy atom. The van der Waals surface area contributed by atoms with Crippen LogP contribution in [0.25, 0.3) is 0 Å². The number of anilines is 2. The van der Waals surface area contributed by atoms with Gasteiger partial charge in [-0.3, -0.25) is 0 Å². The number of hydrazine groups is 1. The number of hydrogen-bond donors (Lipinski definition) is 2. The van der Waals surface area contributed by atoms with Gasteiger partial charge in [-0.25, -0.2) is 15.8 Å². The summed E-state index contributed by atoms with van der Waals surface area (Å²) >= 11 is 0. The van der Waals surface area contributed by atoms with Crippen LogP contribution in [0.4, 0.5) is 11.6 Å². The van der Waals surface area contributed by atoms with Gasteiger partial charge >= 0.3 is 0 Å². The summed E-state index contributed by atoms with van der Waals surface area (Å²) in [5, 5.41) is 0. The van der Waals surface area contributed by atoms with Crippen molar-refractivity contribution in [2.75, 3.05) is 16.9 Å². The number of hydrogen-bond acceptors (Lipinski definition) is 5. The largest absolute Gasteiger partial charge is 0.353 e. The van der Waals surface area contributed by atoms with Crippen LogP contribution in [0.5, 0.6) is 0 Å². The van der Waals surface area contributed by atoms with E-state index in [0.29, 0.717) is 12.0 Å². The number of nitrogens with two attached hydrogens (primary N) is 1. The third-order valence-corrected chi connectivity index (χ3v) is 3.70. The number of nitrogen functional groups attached to an aromatic ring is 1. The second kappa shape index (κ2) is 5.52. The average molecular weight is 249 g/mol. The number of nitrogens with zero attached hydrogens (tertiary/aromatic N) is 3. The molecule has 3 N–H and O–H groups in total. The molecule has 1 fully saturated rings. The topological polar surface area (TPSA) is 67.1 Å². The quantitative estimate of drug-likeness (QED) is 0.633. The summed E-state index contributed by atoms with van der Waals surface area (Å²) in [5.74, 6) is 7.72. The number of aromatic nitrogens is 2. The lowest BCUT2D eigenvalue weighted by molar-refractivity contribution is 0.635. The molecule has 1 unspecified atom stereocenters. The molecular weight excluding hydrogens is 226 g/mol. The molecule has 100 valence electrons. The first-order valence-electron chi connectivity index (χ1n) is 6.77. The van der Waals surface area contributed by atoms with Crippen molar-refractivity contribution in [3.05, 3.63) is 11.9 Å². The van der Waals surface area contributed by atoms with Crippen molar-refractivity contribution >= 4 is 11.6 Å². The Morgan fingerprint density at radius 3 is 2.89 bits per heavy atom. The van der Waals surface area contributed by atoms with Crippen molar-refractivity contribution < 1.29 is 0 Å². The summed E-state index contributed by atoms with van der Waals surface area (Å²) in [4.78, 5) is 11.2. The molecule has 0 spiro atoms. The highest BCUT2D eigenvalue weighted by atomic mass is 15.3. The zero-order chi connectivity index (χ0) is 13.1. The summed E-state index contributed by atoms with van der Waals surface area (Å²) in [6, 6.07) is 0.600. The van der Waals surface area contributed by atoms with Gasteiger partial charge in [0.1, 0.15) is 18.0 Å². The van der Waals surface area contributed by atoms with Gasteiger partial charge < -0.3 is 10.3 Å². The van der Waals surface area contributed by atoms with Crippen LogP contribution in [0, 0.1) is 0 Å². The van der Waals surface area contributed by atoms with Gasteiger partial charge in [0.05, 0.1) is 0 Å². The predicted molar refractivity (Wildman–Crippen MR) is 74.6 cm³/mol. The lowest BCUT2D eigenvalue weighted by Crippen LogP contribution is -2.31. The minimum absolute atomic E-state index is 0.352. The summed E-state index contributed by atoms with van der Waals surface area (Å²) in [5.41, 5.74) is 3.82. The van der Waals surface area contributed by atoms with E-state index in [0.717, 1.165) is 30.2 Å². The molecule has 5 heteroatoms. The van der Waals surface area contributed by atoms with Crippen molar-refractivity contribution in [2.24, 2.45) is 5.84 Å². The molecule has 18 heavy (non-hydrogen) atoms. The van der Waals surface area contributed by atoms with E-state index in [-0.39, 0.29) is 0 Å². The Hall–Kier alpha value is -1.36. The van der Waals surface area contributed by atoms with Crippen molar-refractivity contribution in [3.8, 4) is 0 Å². The molecule has 1 aliphatic heterocycles. The average Bonchev–Trinajstić information content (AvgIpc) is 2.85. The molecule has 0 bridgehead atoms. The maximum atomic E-state index is 5.56. The summed E-state index contributed by atoms with van der Waals surface area (Å²) in [6.45, 7) is 7.63. The first kappa shape index (κ1) is 13.1. The van der Waals surface area contributed by atoms with Crippen molar-refractivity contribution in [1.29, 1.82) is 0 Å². The fourth-order valence-corrected chi connectivity index (χ4v) is 2.80. The molecule has 0 saturated carbocycles. The lowest BCUT2D eigenvalue weighted by atomic mass is 10.0. The number of nitrogens with one attached hydrogen (secondary N) is 1. The van der Waals surface area contributed by atoms with Crippen molar-refractivity contribution in [1.82, 2.24) is 9.97 Å². The van der Waals surface area contributed by atoms with Crippen LogP contribution in [-0.2, 0) is 0 Å². The number of rotatable bonds is 4. The van der Waals surface area contributed by atoms with Gasteiger partial charge in [-0.15, -0.1) is 0 Å². The van der Waals surface area contributed by atoms with E-state index in [4.69, 9.17) is 5.84 Å². The predicted octanol–water partition coefficient (Wildman–Crippen LogP) is 2.26. The highest BCUT2D eigenvalue weighted by Gasteiger charge is 2.28. The summed E-state index contributed by atoms with van der Waals surface area (Å²) in [6.07, 6.45) is 5.25. The normalized spacial score (nSPS) is 19.6. The smallest absolute Gasteiger partial charge is 0.148 e. The highest BCUT2D eigenvalue weighted by molar-refractivity contribution is 5.60. The Balaban J connectivity index is 2.43. The molecule has 0 aromatic carbocycles. The van der Waals surface area contributed by atoms with E-state index in [9.17, 15) is 0 Å². The third kappa shape index (κ3) is 2.27. The van der Waals surface area contributed by atoms with Gasteiger partial charge in [0.15, 0.2) is 0 Å². The third-order valence-electron chi connectivity index (χ3n) is 3.70. The highest BCUT2D eigenvalue weighted by Crippen LogP contribution is 2.34. The van der Waals surface area contributed by atoms with Crippen molar-refractivity contribution in [2.45, 2.75) is 52.0 Å². The first-order chi connectivity index (χ1) is 8.69. The van der Waals surface area contributed by atoms with Gasteiger partial charge in [0.25, 0.3) is 0 Å². The molecule has 2 heterocycles. The molecule has 1 saturated heterocycles. The van der Waals surface area contributed by atoms with Crippen LogP contribution in [0.3, 0.4) is 0 Å². The molecule has 1 aliphatic rings. The zero-order valence-electron chi connectivity index (χ0n) is 11.5. The maximum Gasteiger partial charge on any atom is 0.148 e. The molecule has 0 radical (unpaired) electrons. The fraction of sp³-hybridized carbons (Fsp3) is 0.692. The maximum absolute atomic E-state index is 5.56. The lowest BCUT2D eigenvalue weighted by Gasteiger charge is -2.28. The van der Waals surface area contributed by atoms with Gasteiger partial charge in [-0.1, -0.05) is 20.8 Å². The van der Waals surface area contributed by atoms with Crippen LogP contribution < -0.4 is 16.2 Å². The zero-order valence-corrected chi connectivity index (χ0v) is 11.5. The van der Waals surface area contributed by atoms with E-state index in [1.54, 1.807) is 6.33 Å². The second-order valence-corrected chi connectivity index (χ2v) is 5.16. The second-order valence-electron chi connectivity index (χ2n) is 5.16. The summed E-state index contributed by atoms with van der Waals surface area (Å²) in [7, 11) is 0. The van der Waals surface area contributed by atoms with Crippen LogP contribution >= 0.6 is 0 Å². The standard InChI is InChI=1S/C13H23N5/c1-4-10-6-5-7-18(10)13-11(9(2)3)12(17-14)15-8-16-13/h8-10H,4-7,14H2,1-3H3,(H,15,16,17). The van der Waals surface area contributed by atoms with Crippen LogP contribution in [0.2, 0.25) is 0 Å². The summed E-state index contributed by atoms with van der Waals surface area (Å²) < 4.78 is 0. The van der Waals surface area contributed by atoms with Gasteiger partial charge in [-0.2, -0.15) is 0 Å². The van der Waals surface area contributed by atoms with E-state index in [1.807, 2.05) is 0 Å². The molecule has 0 amide bonds. The minimum Gasteiger partial charge on any atom is -0.353 e. The van der Waals surface area contributed by atoms with E-state index < -0.39 is 0 Å². The Labute approximate surface area is 109 Å². The fourth-order valence-electron chi connectivity index (χ4n) is 2.80. The molecule has 0 aliphatic carbocycles. The van der Waals surface area contributed by atoms with Crippen molar-refractivity contribution in [3.63, 3.8) is 0 Å². The SMILES string of the molecule is CCC1CCCN1c1ncnc(NN)c1C(C)C. The van der Waals surface area contributed by atoms with Gasteiger partial charge in [0.2, 0.25) is 0 Å². The van der Waals surface area contributed by atoms with E-state index >= 15 is 0 Å². The van der Waals surface area contributed by atoms with Gasteiger partial charge in [0, 0.05) is 18.2 Å². The van der Waals surface area contributed by atoms with Crippen LogP contribution in [-0.4, -0.2) is 22.6 Å². The molecule has 2 rings (SSSR count). The van der Waals surface area contributed by atoms with Crippen LogP contribution in [0.1, 0.15) is 51.5 Å². The molecule has 1 aromatic heterocycles. The Morgan fingerprint density at radius 2 is 2.28 bits per heavy atom. The first-order valence-corrected chi connectivity index (χ1v) is 6.77. The van der Waals surface area contributed by atoms with Gasteiger partial charge in [-0.05, 0) is 25.2 Å². The Bertz CT molecular complexity index is 404. The minimum atomic E-state index is 0.352. The monoisotopic (exact) mass is 249 g/mol. The molecule has 5 nitrogen and oxygen atoms in total.